The van der Waals surface area contributed by atoms with Gasteiger partial charge in [0.25, 0.3) is 0 Å². The summed E-state index contributed by atoms with van der Waals surface area (Å²) in [4.78, 5) is 14.5. The van der Waals surface area contributed by atoms with Gasteiger partial charge >= 0.3 is 0 Å². The van der Waals surface area contributed by atoms with E-state index in [-0.39, 0.29) is 0 Å². The highest BCUT2D eigenvalue weighted by Crippen LogP contribution is 2.45. The summed E-state index contributed by atoms with van der Waals surface area (Å²) in [6, 6.07) is 8.33. The molecule has 0 radical (unpaired) electrons. The Morgan fingerprint density at radius 1 is 0.958 bits per heavy atom. The van der Waals surface area contributed by atoms with E-state index in [1.165, 1.54) is 11.8 Å². The van der Waals surface area contributed by atoms with Crippen molar-refractivity contribution in [1.29, 1.82) is 0 Å². The van der Waals surface area contributed by atoms with Crippen LogP contribution in [-0.4, -0.2) is 33.6 Å². The van der Waals surface area contributed by atoms with Crippen LogP contribution in [0.3, 0.4) is 0 Å². The van der Waals surface area contributed by atoms with Crippen molar-refractivity contribution in [2.24, 2.45) is 0 Å². The van der Waals surface area contributed by atoms with Gasteiger partial charge in [0.15, 0.2) is 11.5 Å². The summed E-state index contributed by atoms with van der Waals surface area (Å²) in [5.41, 5.74) is 2.28. The van der Waals surface area contributed by atoms with Crippen molar-refractivity contribution >= 4 is 41.5 Å². The molecule has 1 aliphatic heterocycles. The molecule has 2 aromatic rings. The fourth-order valence-electron chi connectivity index (χ4n) is 2.40. The van der Waals surface area contributed by atoms with E-state index in [0.717, 1.165) is 33.1 Å². The maximum atomic E-state index is 10.6. The number of anilines is 1. The van der Waals surface area contributed by atoms with Gasteiger partial charge in [0.1, 0.15) is 19.5 Å². The Balaban J connectivity index is 1.87. The lowest BCUT2D eigenvalue weighted by molar-refractivity contribution is -0.104. The average Bonchev–Trinajstić information content (AvgIpc) is 2.96. The number of carbonyl (C=O) groups excluding carboxylic acids is 1. The van der Waals surface area contributed by atoms with Crippen LogP contribution in [0.15, 0.2) is 30.3 Å². The van der Waals surface area contributed by atoms with Crippen molar-refractivity contribution in [3.63, 3.8) is 0 Å². The maximum Gasteiger partial charge on any atom is 0.180 e. The normalized spacial score (nSPS) is 13.6. The fourth-order valence-corrected chi connectivity index (χ4v) is 3.41. The fraction of sp³-hybridized carbons (Fsp3) is 0.211. The number of ether oxygens (including phenoxy) is 2. The Labute approximate surface area is 145 Å². The first kappa shape index (κ1) is 16.3. The van der Waals surface area contributed by atoms with Crippen LogP contribution in [0.1, 0.15) is 15.3 Å². The summed E-state index contributed by atoms with van der Waals surface area (Å²) in [6.07, 6.45) is 8.07. The maximum absolute atomic E-state index is 10.6. The molecule has 1 aromatic heterocycles. The van der Waals surface area contributed by atoms with Crippen molar-refractivity contribution < 1.29 is 14.3 Å². The highest BCUT2D eigenvalue weighted by atomic mass is 32.1. The van der Waals surface area contributed by atoms with Gasteiger partial charge in [-0.1, -0.05) is 18.2 Å². The minimum Gasteiger partial charge on any atom is -0.485 e. The van der Waals surface area contributed by atoms with Crippen LogP contribution >= 0.6 is 11.3 Å². The number of benzene rings is 1. The first-order chi connectivity index (χ1) is 11.7. The predicted octanol–water partition coefficient (Wildman–Crippen LogP) is 3.97. The van der Waals surface area contributed by atoms with Crippen molar-refractivity contribution in [2.75, 3.05) is 32.2 Å². The number of fused-ring (bicyclic) bond motifs is 1. The molecule has 0 atom stereocenters. The lowest BCUT2D eigenvalue weighted by atomic mass is 10.2. The van der Waals surface area contributed by atoms with Crippen molar-refractivity contribution in [3.05, 3.63) is 45.7 Å². The summed E-state index contributed by atoms with van der Waals surface area (Å²) < 4.78 is 11.5. The Morgan fingerprint density at radius 2 is 1.58 bits per heavy atom. The van der Waals surface area contributed by atoms with Crippen molar-refractivity contribution in [3.8, 4) is 11.5 Å². The molecule has 5 heteroatoms. The predicted molar refractivity (Wildman–Crippen MR) is 100 cm³/mol. The summed E-state index contributed by atoms with van der Waals surface area (Å²) in [7, 11) is 4.04. The highest BCUT2D eigenvalue weighted by Gasteiger charge is 2.21. The first-order valence-electron chi connectivity index (χ1n) is 7.68. The SMILES string of the molecule is CN(C)c1ccc(/C=C/c2sc(/C=C/C=O)c3c2OCCO3)cc1. The number of nitrogens with zero attached hydrogens (tertiary/aromatic N) is 1. The van der Waals surface area contributed by atoms with E-state index in [0.29, 0.717) is 13.2 Å². The van der Waals surface area contributed by atoms with Crippen LogP contribution in [0, 0.1) is 0 Å². The molecule has 2 heterocycles. The van der Waals surface area contributed by atoms with Gasteiger partial charge in [-0.05, 0) is 35.9 Å². The van der Waals surface area contributed by atoms with E-state index in [1.54, 1.807) is 17.4 Å². The van der Waals surface area contributed by atoms with Gasteiger partial charge < -0.3 is 14.4 Å². The van der Waals surface area contributed by atoms with Crippen LogP contribution < -0.4 is 14.4 Å². The summed E-state index contributed by atoms with van der Waals surface area (Å²) in [6.45, 7) is 1.07. The monoisotopic (exact) mass is 341 g/mol. The summed E-state index contributed by atoms with van der Waals surface area (Å²) in [5, 5.41) is 0. The molecule has 0 N–H and O–H groups in total. The van der Waals surface area contributed by atoms with Gasteiger partial charge in [-0.3, -0.25) is 4.79 Å². The first-order valence-corrected chi connectivity index (χ1v) is 8.50. The van der Waals surface area contributed by atoms with Crippen LogP contribution in [0.4, 0.5) is 5.69 Å². The molecule has 0 fully saturated rings. The zero-order chi connectivity index (χ0) is 16.9. The molecule has 4 nitrogen and oxygen atoms in total. The third-order valence-electron chi connectivity index (χ3n) is 3.61. The lowest BCUT2D eigenvalue weighted by Crippen LogP contribution is -2.14. The molecule has 0 amide bonds. The lowest BCUT2D eigenvalue weighted by Gasteiger charge is -2.16. The Morgan fingerprint density at radius 3 is 2.17 bits per heavy atom. The highest BCUT2D eigenvalue weighted by molar-refractivity contribution is 7.14. The minimum absolute atomic E-state index is 0.529. The van der Waals surface area contributed by atoms with Gasteiger partial charge in [-0.15, -0.1) is 11.3 Å². The molecule has 0 saturated heterocycles. The Kier molecular flexibility index (Phi) is 5.01. The van der Waals surface area contributed by atoms with E-state index in [1.807, 2.05) is 20.2 Å². The number of hydrogen-bond acceptors (Lipinski definition) is 5. The van der Waals surface area contributed by atoms with Gasteiger partial charge in [0, 0.05) is 19.8 Å². The number of carbonyl (C=O) groups is 1. The number of hydrogen-bond donors (Lipinski definition) is 0. The number of aldehydes is 1. The van der Waals surface area contributed by atoms with E-state index in [4.69, 9.17) is 9.47 Å². The quantitative estimate of drug-likeness (QED) is 0.609. The molecule has 1 aromatic carbocycles. The van der Waals surface area contributed by atoms with E-state index >= 15 is 0 Å². The molecule has 0 saturated carbocycles. The smallest absolute Gasteiger partial charge is 0.180 e. The second-order valence-corrected chi connectivity index (χ2v) is 6.58. The van der Waals surface area contributed by atoms with Gasteiger partial charge in [-0.25, -0.2) is 0 Å². The van der Waals surface area contributed by atoms with Crippen molar-refractivity contribution in [1.82, 2.24) is 0 Å². The van der Waals surface area contributed by atoms with Crippen LogP contribution in [0.5, 0.6) is 11.5 Å². The molecule has 24 heavy (non-hydrogen) atoms. The Bertz CT molecular complexity index is 773. The number of thiophene rings is 1. The molecule has 0 spiro atoms. The van der Waals surface area contributed by atoms with Crippen molar-refractivity contribution in [2.45, 2.75) is 0 Å². The summed E-state index contributed by atoms with van der Waals surface area (Å²) >= 11 is 1.55. The van der Waals surface area contributed by atoms with E-state index < -0.39 is 0 Å². The molecule has 1 aliphatic rings. The van der Waals surface area contributed by atoms with Crippen LogP contribution in [0.25, 0.3) is 18.2 Å². The molecule has 3 rings (SSSR count). The number of rotatable bonds is 5. The third kappa shape index (κ3) is 3.51. The molecule has 124 valence electrons. The zero-order valence-electron chi connectivity index (χ0n) is 13.7. The van der Waals surface area contributed by atoms with Crippen LogP contribution in [0.2, 0.25) is 0 Å². The third-order valence-corrected chi connectivity index (χ3v) is 4.70. The topological polar surface area (TPSA) is 38.8 Å². The molecular formula is C19H19NO3S. The molecule has 0 bridgehead atoms. The van der Waals surface area contributed by atoms with Gasteiger partial charge in [-0.2, -0.15) is 0 Å². The summed E-state index contributed by atoms with van der Waals surface area (Å²) in [5.74, 6) is 1.49. The zero-order valence-corrected chi connectivity index (χ0v) is 14.5. The largest absolute Gasteiger partial charge is 0.485 e. The average molecular weight is 341 g/mol. The molecule has 0 aliphatic carbocycles. The number of allylic oxidation sites excluding steroid dienone is 1. The minimum atomic E-state index is 0.529. The second-order valence-electron chi connectivity index (χ2n) is 5.50. The Hall–Kier alpha value is -2.53. The molecule has 0 unspecified atom stereocenters. The van der Waals surface area contributed by atoms with Gasteiger partial charge in [0.05, 0.1) is 9.75 Å². The molecular weight excluding hydrogens is 322 g/mol. The van der Waals surface area contributed by atoms with E-state index in [2.05, 4.69) is 35.2 Å². The van der Waals surface area contributed by atoms with Gasteiger partial charge in [0.2, 0.25) is 0 Å². The standard InChI is InChI=1S/C19H19NO3S/c1-20(2)15-8-5-14(6-9-15)7-10-17-19-18(22-12-13-23-19)16(24-17)4-3-11-21/h3-11H,12-13H2,1-2H3/b4-3+,10-7+. The second kappa shape index (κ2) is 7.36. The van der Waals surface area contributed by atoms with E-state index in [9.17, 15) is 4.79 Å². The van der Waals surface area contributed by atoms with Crippen LogP contribution in [-0.2, 0) is 4.79 Å².